The summed E-state index contributed by atoms with van der Waals surface area (Å²) >= 11 is 6.04. The smallest absolute Gasteiger partial charge is 0.379 e. The zero-order valence-electron chi connectivity index (χ0n) is 12.3. The van der Waals surface area contributed by atoms with Crippen molar-refractivity contribution < 1.29 is 19.1 Å². The minimum atomic E-state index is -1.02. The third kappa shape index (κ3) is 2.67. The van der Waals surface area contributed by atoms with E-state index in [1.54, 1.807) is 38.1 Å². The predicted molar refractivity (Wildman–Crippen MR) is 81.5 cm³/mol. The van der Waals surface area contributed by atoms with Crippen LogP contribution >= 0.6 is 11.6 Å². The number of aromatic amines is 1. The Bertz CT molecular complexity index is 776. The van der Waals surface area contributed by atoms with Gasteiger partial charge in [0.2, 0.25) is 0 Å². The number of Topliss-reactive ketones (excluding diaryl/α,β-unsaturated/α-hetero) is 1. The van der Waals surface area contributed by atoms with Crippen LogP contribution in [0, 0.1) is 13.8 Å². The molecule has 6 heteroatoms. The first-order valence-electron chi connectivity index (χ1n) is 6.49. The summed E-state index contributed by atoms with van der Waals surface area (Å²) < 4.78 is 4.46. The molecule has 1 aromatic heterocycles. The zero-order valence-corrected chi connectivity index (χ0v) is 13.1. The van der Waals surface area contributed by atoms with Crippen molar-refractivity contribution >= 4 is 29.1 Å². The maximum absolute atomic E-state index is 12.7. The first kappa shape index (κ1) is 16.0. The predicted octanol–water partition coefficient (Wildman–Crippen LogP) is 2.87. The molecule has 22 heavy (non-hydrogen) atoms. The fourth-order valence-corrected chi connectivity index (χ4v) is 2.55. The van der Waals surface area contributed by atoms with Crippen LogP contribution in [0.15, 0.2) is 24.3 Å². The number of hydrogen-bond donors (Lipinski definition) is 1. The van der Waals surface area contributed by atoms with Gasteiger partial charge in [0.1, 0.15) is 0 Å². The number of halogens is 1. The van der Waals surface area contributed by atoms with Gasteiger partial charge in [-0.15, -0.1) is 0 Å². The molecule has 0 aliphatic rings. The Hall–Kier alpha value is -2.40. The number of ether oxygens (including phenoxy) is 1. The number of nitrogens with one attached hydrogen (secondary N) is 1. The second-order valence-corrected chi connectivity index (χ2v) is 5.16. The molecule has 2 aromatic rings. The monoisotopic (exact) mass is 319 g/mol. The summed E-state index contributed by atoms with van der Waals surface area (Å²) in [5.74, 6) is -2.30. The molecule has 0 atom stereocenters. The van der Waals surface area contributed by atoms with Gasteiger partial charge in [-0.05, 0) is 26.0 Å². The molecular formula is C16H14ClNO4. The van der Waals surface area contributed by atoms with E-state index in [9.17, 15) is 14.4 Å². The molecule has 1 heterocycles. The molecular weight excluding hydrogens is 306 g/mol. The maximum atomic E-state index is 12.7. The minimum Gasteiger partial charge on any atom is -0.463 e. The third-order valence-electron chi connectivity index (χ3n) is 3.32. The number of rotatable bonds is 4. The zero-order chi connectivity index (χ0) is 16.4. The molecule has 0 amide bonds. The van der Waals surface area contributed by atoms with Crippen LogP contribution in [-0.4, -0.2) is 29.6 Å². The minimum absolute atomic E-state index is 0.0225. The molecule has 0 saturated heterocycles. The van der Waals surface area contributed by atoms with Crippen molar-refractivity contribution in [3.8, 4) is 0 Å². The van der Waals surface area contributed by atoms with E-state index in [0.717, 1.165) is 7.11 Å². The molecule has 0 aliphatic heterocycles. The molecule has 0 spiro atoms. The highest BCUT2D eigenvalue weighted by Crippen LogP contribution is 2.26. The summed E-state index contributed by atoms with van der Waals surface area (Å²) in [5, 5.41) is 0.280. The van der Waals surface area contributed by atoms with E-state index in [2.05, 4.69) is 9.72 Å². The first-order chi connectivity index (χ1) is 10.4. The van der Waals surface area contributed by atoms with Crippen LogP contribution in [0.4, 0.5) is 0 Å². The lowest BCUT2D eigenvalue weighted by atomic mass is 9.96. The average Bonchev–Trinajstić information content (AvgIpc) is 2.79. The van der Waals surface area contributed by atoms with Crippen molar-refractivity contribution in [3.05, 3.63) is 57.4 Å². The summed E-state index contributed by atoms with van der Waals surface area (Å²) in [7, 11) is 1.12. The summed E-state index contributed by atoms with van der Waals surface area (Å²) in [4.78, 5) is 39.3. The van der Waals surface area contributed by atoms with E-state index >= 15 is 0 Å². The van der Waals surface area contributed by atoms with Gasteiger partial charge in [-0.2, -0.15) is 0 Å². The Morgan fingerprint density at radius 2 is 1.64 bits per heavy atom. The van der Waals surface area contributed by atoms with Crippen molar-refractivity contribution in [2.75, 3.05) is 7.11 Å². The summed E-state index contributed by atoms with van der Waals surface area (Å²) in [6, 6.07) is 6.54. The largest absolute Gasteiger partial charge is 0.463 e. The third-order valence-corrected chi connectivity index (χ3v) is 3.65. The van der Waals surface area contributed by atoms with Gasteiger partial charge in [0.15, 0.2) is 5.78 Å². The van der Waals surface area contributed by atoms with Crippen LogP contribution in [0.2, 0.25) is 5.02 Å². The number of aryl methyl sites for hydroxylation is 2. The fourth-order valence-electron chi connectivity index (χ4n) is 2.32. The Kier molecular flexibility index (Phi) is 4.47. The number of esters is 1. The van der Waals surface area contributed by atoms with Gasteiger partial charge in [0.05, 0.1) is 23.3 Å². The van der Waals surface area contributed by atoms with E-state index < -0.39 is 17.5 Å². The maximum Gasteiger partial charge on any atom is 0.379 e. The van der Waals surface area contributed by atoms with E-state index in [-0.39, 0.29) is 21.7 Å². The lowest BCUT2D eigenvalue weighted by Crippen LogP contribution is -2.19. The highest BCUT2D eigenvalue weighted by atomic mass is 35.5. The molecule has 114 valence electrons. The first-order valence-corrected chi connectivity index (χ1v) is 6.87. The molecule has 5 nitrogen and oxygen atoms in total. The number of carbonyl (C=O) groups is 3. The van der Waals surface area contributed by atoms with Crippen LogP contribution in [0.5, 0.6) is 0 Å². The number of aromatic nitrogens is 1. The van der Waals surface area contributed by atoms with E-state index in [1.165, 1.54) is 0 Å². The SMILES string of the molecule is COC(=O)C(=O)c1c(C)[nH]c(C)c1C(=O)c1ccccc1Cl. The second-order valence-electron chi connectivity index (χ2n) is 4.75. The molecule has 0 bridgehead atoms. The van der Waals surface area contributed by atoms with E-state index in [0.29, 0.717) is 11.4 Å². The number of methoxy groups -OCH3 is 1. The van der Waals surface area contributed by atoms with Crippen molar-refractivity contribution in [1.29, 1.82) is 0 Å². The highest BCUT2D eigenvalue weighted by Gasteiger charge is 2.30. The second kappa shape index (κ2) is 6.15. The number of H-pyrrole nitrogens is 1. The van der Waals surface area contributed by atoms with Crippen molar-refractivity contribution in [2.45, 2.75) is 13.8 Å². The molecule has 2 rings (SSSR count). The Morgan fingerprint density at radius 1 is 1.05 bits per heavy atom. The lowest BCUT2D eigenvalue weighted by molar-refractivity contribution is -0.135. The van der Waals surface area contributed by atoms with Gasteiger partial charge in [-0.1, -0.05) is 23.7 Å². The molecule has 0 aliphatic carbocycles. The van der Waals surface area contributed by atoms with Crippen LogP contribution in [-0.2, 0) is 9.53 Å². The van der Waals surface area contributed by atoms with Gasteiger partial charge >= 0.3 is 5.97 Å². The van der Waals surface area contributed by atoms with Crippen molar-refractivity contribution in [3.63, 3.8) is 0 Å². The number of benzene rings is 1. The fraction of sp³-hybridized carbons (Fsp3) is 0.188. The summed E-state index contributed by atoms with van der Waals surface area (Å²) in [6.45, 7) is 3.28. The van der Waals surface area contributed by atoms with Gasteiger partial charge < -0.3 is 9.72 Å². The standard InChI is InChI=1S/C16H14ClNO4/c1-8-12(14(19)10-6-4-5-7-11(10)17)13(9(2)18-8)15(20)16(21)22-3/h4-7,18H,1-3H3. The number of hydrogen-bond acceptors (Lipinski definition) is 4. The highest BCUT2D eigenvalue weighted by molar-refractivity contribution is 6.43. The molecule has 0 radical (unpaired) electrons. The Balaban J connectivity index is 2.61. The molecule has 0 fully saturated rings. The van der Waals surface area contributed by atoms with Gasteiger partial charge in [0, 0.05) is 17.0 Å². The average molecular weight is 320 g/mol. The quantitative estimate of drug-likeness (QED) is 0.534. The van der Waals surface area contributed by atoms with Crippen molar-refractivity contribution in [1.82, 2.24) is 4.98 Å². The Labute approximate surface area is 132 Å². The normalized spacial score (nSPS) is 10.4. The molecule has 0 unspecified atom stereocenters. The number of carbonyl (C=O) groups excluding carboxylic acids is 3. The van der Waals surface area contributed by atoms with Crippen LogP contribution in [0.1, 0.15) is 37.7 Å². The van der Waals surface area contributed by atoms with Crippen LogP contribution < -0.4 is 0 Å². The molecule has 1 aromatic carbocycles. The van der Waals surface area contributed by atoms with E-state index in [4.69, 9.17) is 11.6 Å². The van der Waals surface area contributed by atoms with Gasteiger partial charge in [-0.3, -0.25) is 9.59 Å². The van der Waals surface area contributed by atoms with Crippen LogP contribution in [0.25, 0.3) is 0 Å². The molecule has 1 N–H and O–H groups in total. The summed E-state index contributed by atoms with van der Waals surface area (Å²) in [5.41, 5.74) is 1.36. The molecule has 0 saturated carbocycles. The number of ketones is 2. The van der Waals surface area contributed by atoms with E-state index in [1.807, 2.05) is 0 Å². The topological polar surface area (TPSA) is 76.2 Å². The van der Waals surface area contributed by atoms with Crippen molar-refractivity contribution in [2.24, 2.45) is 0 Å². The Morgan fingerprint density at radius 3 is 2.23 bits per heavy atom. The van der Waals surface area contributed by atoms with Gasteiger partial charge in [0.25, 0.3) is 5.78 Å². The van der Waals surface area contributed by atoms with Gasteiger partial charge in [-0.25, -0.2) is 4.79 Å². The van der Waals surface area contributed by atoms with Crippen LogP contribution in [0.3, 0.4) is 0 Å². The lowest BCUT2D eigenvalue weighted by Gasteiger charge is -2.06. The summed E-state index contributed by atoms with van der Waals surface area (Å²) in [6.07, 6.45) is 0.